The number of hydrogen-bond donors (Lipinski definition) is 2. The molecule has 3 aliphatic rings. The molecule has 3 fully saturated rings. The molecule has 1 aliphatic heterocycles. The Morgan fingerprint density at radius 1 is 0.895 bits per heavy atom. The molecule has 1 unspecified atom stereocenters. The zero-order chi connectivity index (χ0) is 13.4. The van der Waals surface area contributed by atoms with Crippen molar-refractivity contribution < 1.29 is 9.84 Å². The molecule has 19 heavy (non-hydrogen) atoms. The van der Waals surface area contributed by atoms with Crippen LogP contribution in [0.3, 0.4) is 0 Å². The highest BCUT2D eigenvalue weighted by Gasteiger charge is 2.54. The normalized spacial score (nSPS) is 37.6. The van der Waals surface area contributed by atoms with Gasteiger partial charge in [0, 0.05) is 18.6 Å². The van der Waals surface area contributed by atoms with Gasteiger partial charge in [0.25, 0.3) is 0 Å². The van der Waals surface area contributed by atoms with Crippen molar-refractivity contribution >= 4 is 0 Å². The van der Waals surface area contributed by atoms with E-state index in [1.807, 2.05) is 0 Å². The van der Waals surface area contributed by atoms with E-state index in [0.717, 1.165) is 32.3 Å². The van der Waals surface area contributed by atoms with Gasteiger partial charge in [0.1, 0.15) is 0 Å². The molecule has 1 atom stereocenters. The van der Waals surface area contributed by atoms with Crippen LogP contribution in [0.2, 0.25) is 0 Å². The fourth-order valence-electron chi connectivity index (χ4n) is 4.92. The molecule has 0 aromatic carbocycles. The molecule has 0 bridgehead atoms. The second-order valence-electron chi connectivity index (χ2n) is 7.38. The average Bonchev–Trinajstić information content (AvgIpc) is 2.92. The minimum atomic E-state index is -0.573. The first-order valence-electron chi connectivity index (χ1n) is 8.14. The van der Waals surface area contributed by atoms with Crippen LogP contribution in [0.1, 0.15) is 64.2 Å². The van der Waals surface area contributed by atoms with Gasteiger partial charge < -0.3 is 15.6 Å². The van der Waals surface area contributed by atoms with Crippen molar-refractivity contribution in [3.05, 3.63) is 0 Å². The molecule has 110 valence electrons. The minimum Gasteiger partial charge on any atom is -0.389 e. The molecule has 3 rings (SSSR count). The fraction of sp³-hybridized carbons (Fsp3) is 1.00. The lowest BCUT2D eigenvalue weighted by atomic mass is 9.57. The maximum absolute atomic E-state index is 11.2. The molecule has 0 aromatic rings. The number of aliphatic hydroxyl groups is 1. The van der Waals surface area contributed by atoms with Gasteiger partial charge in [-0.1, -0.05) is 12.8 Å². The van der Waals surface area contributed by atoms with Gasteiger partial charge in [-0.25, -0.2) is 0 Å². The zero-order valence-electron chi connectivity index (χ0n) is 12.1. The van der Waals surface area contributed by atoms with Crippen molar-refractivity contribution in [3.8, 4) is 0 Å². The summed E-state index contributed by atoms with van der Waals surface area (Å²) in [6, 6.07) is 0. The molecular formula is C16H29NO2. The van der Waals surface area contributed by atoms with E-state index in [1.54, 1.807) is 0 Å². The Morgan fingerprint density at radius 3 is 2.11 bits per heavy atom. The van der Waals surface area contributed by atoms with Crippen LogP contribution in [0.5, 0.6) is 0 Å². The van der Waals surface area contributed by atoms with Crippen molar-refractivity contribution in [3.63, 3.8) is 0 Å². The molecule has 0 aromatic heterocycles. The highest BCUT2D eigenvalue weighted by Crippen LogP contribution is 2.56. The van der Waals surface area contributed by atoms with Gasteiger partial charge in [-0.05, 0) is 56.8 Å². The highest BCUT2D eigenvalue weighted by molar-refractivity contribution is 5.06. The van der Waals surface area contributed by atoms with E-state index in [2.05, 4.69) is 0 Å². The zero-order valence-corrected chi connectivity index (χ0v) is 12.1. The minimum absolute atomic E-state index is 0.175. The number of ether oxygens (including phenoxy) is 1. The van der Waals surface area contributed by atoms with Gasteiger partial charge in [-0.15, -0.1) is 0 Å². The first kappa shape index (κ1) is 13.8. The van der Waals surface area contributed by atoms with E-state index in [9.17, 15) is 5.11 Å². The Bertz CT molecular complexity index is 307. The van der Waals surface area contributed by atoms with Gasteiger partial charge in [-0.2, -0.15) is 0 Å². The van der Waals surface area contributed by atoms with Crippen LogP contribution in [-0.2, 0) is 4.74 Å². The molecule has 3 nitrogen and oxygen atoms in total. The van der Waals surface area contributed by atoms with Gasteiger partial charge in [0.05, 0.1) is 12.2 Å². The Labute approximate surface area is 116 Å². The Kier molecular flexibility index (Phi) is 3.65. The molecular weight excluding hydrogens is 238 g/mol. The van der Waals surface area contributed by atoms with E-state index >= 15 is 0 Å². The largest absolute Gasteiger partial charge is 0.389 e. The summed E-state index contributed by atoms with van der Waals surface area (Å²) in [5.74, 6) is 0. The van der Waals surface area contributed by atoms with Crippen LogP contribution in [0.25, 0.3) is 0 Å². The molecule has 1 spiro atoms. The quantitative estimate of drug-likeness (QED) is 0.808. The molecule has 2 aliphatic carbocycles. The van der Waals surface area contributed by atoms with E-state index in [0.29, 0.717) is 18.6 Å². The van der Waals surface area contributed by atoms with E-state index in [-0.39, 0.29) is 5.41 Å². The van der Waals surface area contributed by atoms with Crippen molar-refractivity contribution in [2.75, 3.05) is 19.8 Å². The third kappa shape index (κ3) is 2.24. The Morgan fingerprint density at radius 2 is 1.58 bits per heavy atom. The lowest BCUT2D eigenvalue weighted by molar-refractivity contribution is -0.170. The molecule has 3 heteroatoms. The Balaban J connectivity index is 1.73. The SMILES string of the molecule is NCC1(C2(O)CCC3(CCCC3)CC2)CCCOC1. The number of hydrogen-bond acceptors (Lipinski definition) is 3. The second-order valence-corrected chi connectivity index (χ2v) is 7.38. The smallest absolute Gasteiger partial charge is 0.0738 e. The van der Waals surface area contributed by atoms with E-state index < -0.39 is 5.60 Å². The fourth-order valence-corrected chi connectivity index (χ4v) is 4.92. The topological polar surface area (TPSA) is 55.5 Å². The van der Waals surface area contributed by atoms with Crippen molar-refractivity contribution in [1.82, 2.24) is 0 Å². The summed E-state index contributed by atoms with van der Waals surface area (Å²) >= 11 is 0. The summed E-state index contributed by atoms with van der Waals surface area (Å²) in [5.41, 5.74) is 5.88. The van der Waals surface area contributed by atoms with Crippen LogP contribution in [0.15, 0.2) is 0 Å². The summed E-state index contributed by atoms with van der Waals surface area (Å²) < 4.78 is 5.67. The number of rotatable bonds is 2. The molecule has 2 saturated carbocycles. The molecule has 3 N–H and O–H groups in total. The summed E-state index contributed by atoms with van der Waals surface area (Å²) in [6.07, 6.45) is 11.9. The van der Waals surface area contributed by atoms with Gasteiger partial charge >= 0.3 is 0 Å². The van der Waals surface area contributed by atoms with Crippen molar-refractivity contribution in [2.45, 2.75) is 69.8 Å². The molecule has 1 heterocycles. The average molecular weight is 267 g/mol. The van der Waals surface area contributed by atoms with Crippen LogP contribution < -0.4 is 5.73 Å². The lowest BCUT2D eigenvalue weighted by Gasteiger charge is -2.53. The third-order valence-electron chi connectivity index (χ3n) is 6.50. The van der Waals surface area contributed by atoms with E-state index in [1.165, 1.54) is 38.5 Å². The van der Waals surface area contributed by atoms with Crippen LogP contribution >= 0.6 is 0 Å². The maximum Gasteiger partial charge on any atom is 0.0738 e. The summed E-state index contributed by atoms with van der Waals surface area (Å²) in [4.78, 5) is 0. The van der Waals surface area contributed by atoms with Gasteiger partial charge in [-0.3, -0.25) is 0 Å². The van der Waals surface area contributed by atoms with Crippen LogP contribution in [0, 0.1) is 10.8 Å². The predicted octanol–water partition coefficient (Wildman–Crippen LogP) is 2.61. The first-order chi connectivity index (χ1) is 9.14. The molecule has 0 radical (unpaired) electrons. The summed E-state index contributed by atoms with van der Waals surface area (Å²) in [6.45, 7) is 2.06. The summed E-state index contributed by atoms with van der Waals surface area (Å²) in [7, 11) is 0. The maximum atomic E-state index is 11.2. The molecule has 0 amide bonds. The van der Waals surface area contributed by atoms with Crippen LogP contribution in [0.4, 0.5) is 0 Å². The standard InChI is InChI=1S/C16H29NO2/c17-12-15(6-3-11-19-13-15)16(18)9-7-14(8-10-16)4-1-2-5-14/h18H,1-13,17H2. The van der Waals surface area contributed by atoms with Crippen molar-refractivity contribution in [2.24, 2.45) is 16.6 Å². The van der Waals surface area contributed by atoms with Crippen LogP contribution in [-0.4, -0.2) is 30.5 Å². The summed E-state index contributed by atoms with van der Waals surface area (Å²) in [5, 5.41) is 11.2. The lowest BCUT2D eigenvalue weighted by Crippen LogP contribution is -2.59. The number of nitrogens with two attached hydrogens (primary N) is 1. The molecule has 1 saturated heterocycles. The third-order valence-corrected chi connectivity index (χ3v) is 6.50. The van der Waals surface area contributed by atoms with Crippen molar-refractivity contribution in [1.29, 1.82) is 0 Å². The highest BCUT2D eigenvalue weighted by atomic mass is 16.5. The Hall–Kier alpha value is -0.120. The first-order valence-corrected chi connectivity index (χ1v) is 8.14. The monoisotopic (exact) mass is 267 g/mol. The second kappa shape index (κ2) is 5.01. The van der Waals surface area contributed by atoms with Gasteiger partial charge in [0.15, 0.2) is 0 Å². The van der Waals surface area contributed by atoms with Gasteiger partial charge in [0.2, 0.25) is 0 Å². The van der Waals surface area contributed by atoms with E-state index in [4.69, 9.17) is 10.5 Å². The predicted molar refractivity (Wildman–Crippen MR) is 75.9 cm³/mol.